The molecule has 0 amide bonds. The summed E-state index contributed by atoms with van der Waals surface area (Å²) >= 11 is 0. The minimum atomic E-state index is -4.45. The van der Waals surface area contributed by atoms with E-state index in [9.17, 15) is 18.3 Å². The highest BCUT2D eigenvalue weighted by atomic mass is 35.5. The zero-order chi connectivity index (χ0) is 14.6. The van der Waals surface area contributed by atoms with E-state index in [1.807, 2.05) is 13.8 Å². The zero-order valence-corrected chi connectivity index (χ0v) is 12.3. The van der Waals surface area contributed by atoms with E-state index in [-0.39, 0.29) is 18.0 Å². The first kappa shape index (κ1) is 19.2. The molecule has 0 bridgehead atoms. The largest absolute Gasteiger partial charge is 0.416 e. The van der Waals surface area contributed by atoms with Crippen LogP contribution in [0, 0.1) is 5.92 Å². The number of hydrogen-bond donors (Lipinski definition) is 2. The Morgan fingerprint density at radius 2 is 1.70 bits per heavy atom. The molecular weight excluding hydrogens is 291 g/mol. The van der Waals surface area contributed by atoms with Crippen LogP contribution >= 0.6 is 12.4 Å². The van der Waals surface area contributed by atoms with Gasteiger partial charge in [-0.1, -0.05) is 32.0 Å². The number of alkyl halides is 3. The van der Waals surface area contributed by atoms with Gasteiger partial charge in [-0.3, -0.25) is 0 Å². The lowest BCUT2D eigenvalue weighted by molar-refractivity contribution is -0.138. The van der Waals surface area contributed by atoms with Gasteiger partial charge in [-0.05, 0) is 30.4 Å². The van der Waals surface area contributed by atoms with Gasteiger partial charge in [-0.2, -0.15) is 13.2 Å². The molecule has 1 aromatic carbocycles. The topological polar surface area (TPSA) is 46.2 Å². The van der Waals surface area contributed by atoms with Crippen LogP contribution in [0.1, 0.15) is 43.9 Å². The van der Waals surface area contributed by atoms with Gasteiger partial charge in [0, 0.05) is 0 Å². The van der Waals surface area contributed by atoms with Gasteiger partial charge < -0.3 is 10.8 Å². The van der Waals surface area contributed by atoms with Crippen LogP contribution in [0.5, 0.6) is 0 Å². The van der Waals surface area contributed by atoms with Crippen molar-refractivity contribution in [2.45, 2.75) is 45.0 Å². The molecule has 0 heterocycles. The Hall–Kier alpha value is -0.780. The van der Waals surface area contributed by atoms with Gasteiger partial charge in [0.15, 0.2) is 0 Å². The molecule has 0 radical (unpaired) electrons. The smallest absolute Gasteiger partial charge is 0.391 e. The van der Waals surface area contributed by atoms with E-state index in [1.54, 1.807) is 0 Å². The highest BCUT2D eigenvalue weighted by Gasteiger charge is 2.35. The second-order valence-electron chi connectivity index (χ2n) is 5.15. The van der Waals surface area contributed by atoms with Gasteiger partial charge in [-0.25, -0.2) is 0 Å². The van der Waals surface area contributed by atoms with E-state index in [0.29, 0.717) is 12.3 Å². The average Bonchev–Trinajstić information content (AvgIpc) is 2.34. The first-order chi connectivity index (χ1) is 8.73. The second kappa shape index (κ2) is 7.86. The lowest BCUT2D eigenvalue weighted by Crippen LogP contribution is -2.28. The van der Waals surface area contributed by atoms with Crippen LogP contribution in [-0.4, -0.2) is 11.2 Å². The summed E-state index contributed by atoms with van der Waals surface area (Å²) in [6, 6.07) is 4.12. The molecule has 116 valence electrons. The summed E-state index contributed by atoms with van der Waals surface area (Å²) in [5, 5.41) is 9.92. The van der Waals surface area contributed by atoms with Crippen molar-refractivity contribution in [3.8, 4) is 0 Å². The van der Waals surface area contributed by atoms with Gasteiger partial charge in [0.2, 0.25) is 0 Å². The molecule has 6 heteroatoms. The standard InChI is InChI=1S/C14H20F3NO.ClH/c1-9(2)7-8-12(19)13(18)10-5-3-4-6-11(10)14(15,16)17;/h3-6,9,12-13,19H,7-8,18H2,1-2H3;1H/t12-,13+;/m1./s1. The fourth-order valence-electron chi connectivity index (χ4n) is 1.94. The molecule has 0 aliphatic rings. The third-order valence-corrected chi connectivity index (χ3v) is 3.08. The molecule has 1 rings (SSSR count). The molecule has 0 aromatic heterocycles. The Labute approximate surface area is 123 Å². The van der Waals surface area contributed by atoms with E-state index in [0.717, 1.165) is 12.5 Å². The Morgan fingerprint density at radius 3 is 2.20 bits per heavy atom. The summed E-state index contributed by atoms with van der Waals surface area (Å²) < 4.78 is 38.5. The Balaban J connectivity index is 0.00000361. The van der Waals surface area contributed by atoms with Gasteiger partial charge in [0.25, 0.3) is 0 Å². The fourth-order valence-corrected chi connectivity index (χ4v) is 1.94. The van der Waals surface area contributed by atoms with Crippen molar-refractivity contribution in [3.63, 3.8) is 0 Å². The molecular formula is C14H21ClF3NO. The molecule has 0 fully saturated rings. The number of rotatable bonds is 5. The zero-order valence-electron chi connectivity index (χ0n) is 11.5. The highest BCUT2D eigenvalue weighted by molar-refractivity contribution is 5.85. The van der Waals surface area contributed by atoms with Crippen LogP contribution in [0.15, 0.2) is 24.3 Å². The van der Waals surface area contributed by atoms with Crippen molar-refractivity contribution in [3.05, 3.63) is 35.4 Å². The third-order valence-electron chi connectivity index (χ3n) is 3.08. The van der Waals surface area contributed by atoms with Gasteiger partial charge in [-0.15, -0.1) is 12.4 Å². The number of hydrogen-bond acceptors (Lipinski definition) is 2. The molecule has 0 aliphatic carbocycles. The maximum Gasteiger partial charge on any atom is 0.416 e. The monoisotopic (exact) mass is 311 g/mol. The van der Waals surface area contributed by atoms with Crippen LogP contribution in [0.3, 0.4) is 0 Å². The summed E-state index contributed by atoms with van der Waals surface area (Å²) in [6.07, 6.45) is -4.30. The quantitative estimate of drug-likeness (QED) is 0.865. The van der Waals surface area contributed by atoms with Gasteiger partial charge >= 0.3 is 6.18 Å². The summed E-state index contributed by atoms with van der Waals surface area (Å²) in [5.41, 5.74) is 4.95. The maximum absolute atomic E-state index is 12.8. The molecule has 0 saturated carbocycles. The summed E-state index contributed by atoms with van der Waals surface area (Å²) in [6.45, 7) is 3.98. The average molecular weight is 312 g/mol. The Morgan fingerprint density at radius 1 is 1.15 bits per heavy atom. The summed E-state index contributed by atoms with van der Waals surface area (Å²) in [4.78, 5) is 0. The minimum Gasteiger partial charge on any atom is -0.391 e. The highest BCUT2D eigenvalue weighted by Crippen LogP contribution is 2.35. The first-order valence-corrected chi connectivity index (χ1v) is 6.33. The van der Waals surface area contributed by atoms with E-state index in [1.165, 1.54) is 18.2 Å². The van der Waals surface area contributed by atoms with Crippen molar-refractivity contribution in [2.24, 2.45) is 11.7 Å². The normalized spacial score (nSPS) is 14.8. The lowest BCUT2D eigenvalue weighted by atomic mass is 9.93. The van der Waals surface area contributed by atoms with Gasteiger partial charge in [0.1, 0.15) is 0 Å². The minimum absolute atomic E-state index is 0. The van der Waals surface area contributed by atoms with E-state index < -0.39 is 23.9 Å². The van der Waals surface area contributed by atoms with E-state index in [4.69, 9.17) is 5.73 Å². The molecule has 0 aliphatic heterocycles. The molecule has 0 saturated heterocycles. The van der Waals surface area contributed by atoms with Crippen molar-refractivity contribution in [2.75, 3.05) is 0 Å². The lowest BCUT2D eigenvalue weighted by Gasteiger charge is -2.23. The number of aliphatic hydroxyl groups is 1. The molecule has 20 heavy (non-hydrogen) atoms. The van der Waals surface area contributed by atoms with Crippen LogP contribution in [0.25, 0.3) is 0 Å². The van der Waals surface area contributed by atoms with Crippen LogP contribution in [0.2, 0.25) is 0 Å². The Bertz CT molecular complexity index is 410. The molecule has 2 atom stereocenters. The SMILES string of the molecule is CC(C)CC[C@@H](O)[C@@H](N)c1ccccc1C(F)(F)F.Cl. The van der Waals surface area contributed by atoms with E-state index >= 15 is 0 Å². The molecule has 0 unspecified atom stereocenters. The Kier molecular flexibility index (Phi) is 7.55. The van der Waals surface area contributed by atoms with Crippen LogP contribution in [0.4, 0.5) is 13.2 Å². The number of benzene rings is 1. The van der Waals surface area contributed by atoms with E-state index in [2.05, 4.69) is 0 Å². The number of aliphatic hydroxyl groups excluding tert-OH is 1. The van der Waals surface area contributed by atoms with Crippen molar-refractivity contribution >= 4 is 12.4 Å². The first-order valence-electron chi connectivity index (χ1n) is 6.33. The van der Waals surface area contributed by atoms with Crippen LogP contribution in [-0.2, 0) is 6.18 Å². The predicted octanol–water partition coefficient (Wildman–Crippen LogP) is 3.92. The predicted molar refractivity (Wildman–Crippen MR) is 75.7 cm³/mol. The fraction of sp³-hybridized carbons (Fsp3) is 0.571. The molecule has 1 aromatic rings. The second-order valence-corrected chi connectivity index (χ2v) is 5.15. The molecule has 0 spiro atoms. The number of halogens is 4. The van der Waals surface area contributed by atoms with Crippen molar-refractivity contribution in [1.82, 2.24) is 0 Å². The number of nitrogens with two attached hydrogens (primary N) is 1. The summed E-state index contributed by atoms with van der Waals surface area (Å²) in [5.74, 6) is 0.375. The van der Waals surface area contributed by atoms with Crippen molar-refractivity contribution < 1.29 is 18.3 Å². The maximum atomic E-state index is 12.8. The van der Waals surface area contributed by atoms with Crippen LogP contribution < -0.4 is 5.73 Å². The summed E-state index contributed by atoms with van der Waals surface area (Å²) in [7, 11) is 0. The molecule has 2 nitrogen and oxygen atoms in total. The van der Waals surface area contributed by atoms with Crippen molar-refractivity contribution in [1.29, 1.82) is 0 Å². The van der Waals surface area contributed by atoms with Gasteiger partial charge in [0.05, 0.1) is 17.7 Å². The third kappa shape index (κ3) is 5.31. The molecule has 3 N–H and O–H groups in total.